The van der Waals surface area contributed by atoms with E-state index in [0.29, 0.717) is 17.6 Å². The summed E-state index contributed by atoms with van der Waals surface area (Å²) in [4.78, 5) is 47.9. The van der Waals surface area contributed by atoms with E-state index < -0.39 is 35.7 Å². The van der Waals surface area contributed by atoms with Crippen LogP contribution in [0.5, 0.6) is 0 Å². The maximum atomic E-state index is 11.9. The van der Waals surface area contributed by atoms with E-state index in [1.165, 1.54) is 12.7 Å². The first-order valence-electron chi connectivity index (χ1n) is 7.71. The summed E-state index contributed by atoms with van der Waals surface area (Å²) in [6.45, 7) is 0. The zero-order chi connectivity index (χ0) is 21.4. The molecule has 0 saturated heterocycles. The van der Waals surface area contributed by atoms with Gasteiger partial charge in [0.05, 0.1) is 18.5 Å². The Labute approximate surface area is 162 Å². The van der Waals surface area contributed by atoms with Crippen LogP contribution in [0.25, 0.3) is 11.2 Å². The Hall–Kier alpha value is -1.50. The number of rotatable bonds is 8. The number of ether oxygens (including phenoxy) is 1. The van der Waals surface area contributed by atoms with Gasteiger partial charge in [0.15, 0.2) is 11.5 Å². The lowest BCUT2D eigenvalue weighted by atomic mass is 10.2. The monoisotopic (exact) mass is 471 g/mol. The Balaban J connectivity index is 1.59. The van der Waals surface area contributed by atoms with Crippen molar-refractivity contribution in [2.75, 3.05) is 12.1 Å². The summed E-state index contributed by atoms with van der Waals surface area (Å²) in [5, 5.41) is 0. The van der Waals surface area contributed by atoms with Crippen molar-refractivity contribution in [1.29, 1.82) is 0 Å². The van der Waals surface area contributed by atoms with Crippen LogP contribution in [0.3, 0.4) is 0 Å². The van der Waals surface area contributed by atoms with Crippen LogP contribution in [-0.4, -0.2) is 51.5 Å². The van der Waals surface area contributed by atoms with Crippen LogP contribution in [-0.2, 0) is 27.1 Å². The Morgan fingerprint density at radius 1 is 1.10 bits per heavy atom. The van der Waals surface area contributed by atoms with Gasteiger partial charge in [0.25, 0.3) is 0 Å². The molecule has 0 spiro atoms. The standard InChI is InChI=1S/C11H16N5O10P3/c12-10-9-11(14-4-13-10)16(5-15-9)7-1-2-8(3-7)24-6-27(17,18)25-29(22,23)26-28(19,20)21/h1-2,4-5,7-8H,3,6H2,(H,17,18)(H,22,23)(H2,12,13,14)(H2,19,20,21)/t7-,8-/m0/s1. The number of imidazole rings is 1. The average Bonchev–Trinajstić information content (AvgIpc) is 3.16. The van der Waals surface area contributed by atoms with Gasteiger partial charge in [0.1, 0.15) is 18.2 Å². The number of hydrogen-bond acceptors (Lipinski definition) is 10. The number of anilines is 1. The molecule has 18 heteroatoms. The van der Waals surface area contributed by atoms with Crippen molar-refractivity contribution in [3.05, 3.63) is 24.8 Å². The van der Waals surface area contributed by atoms with E-state index in [2.05, 4.69) is 23.6 Å². The predicted octanol–water partition coefficient (Wildman–Crippen LogP) is 0.664. The number of fused-ring (bicyclic) bond motifs is 1. The molecule has 160 valence electrons. The zero-order valence-corrected chi connectivity index (χ0v) is 17.0. The number of hydrogen-bond donors (Lipinski definition) is 5. The van der Waals surface area contributed by atoms with Crippen molar-refractivity contribution in [2.45, 2.75) is 18.6 Å². The summed E-state index contributed by atoms with van der Waals surface area (Å²) in [5.74, 6) is 0.216. The minimum Gasteiger partial charge on any atom is -0.382 e. The van der Waals surface area contributed by atoms with Crippen molar-refractivity contribution in [2.24, 2.45) is 0 Å². The van der Waals surface area contributed by atoms with Crippen molar-refractivity contribution in [3.8, 4) is 0 Å². The summed E-state index contributed by atoms with van der Waals surface area (Å²) in [6, 6.07) is -0.264. The second-order valence-corrected chi connectivity index (χ2v) is 10.6. The third-order valence-corrected chi connectivity index (χ3v) is 7.66. The fraction of sp³-hybridized carbons (Fsp3) is 0.364. The molecule has 1 aliphatic rings. The third-order valence-electron chi connectivity index (χ3n) is 3.66. The normalized spacial score (nSPS) is 23.9. The van der Waals surface area contributed by atoms with E-state index in [9.17, 15) is 18.6 Å². The van der Waals surface area contributed by atoms with Gasteiger partial charge in [-0.3, -0.25) is 4.57 Å². The molecule has 0 aliphatic heterocycles. The van der Waals surface area contributed by atoms with E-state index in [0.717, 1.165) is 0 Å². The molecule has 15 nitrogen and oxygen atoms in total. The van der Waals surface area contributed by atoms with Crippen LogP contribution in [0.1, 0.15) is 12.5 Å². The van der Waals surface area contributed by atoms with Gasteiger partial charge in [-0.2, -0.15) is 4.31 Å². The Morgan fingerprint density at radius 2 is 1.83 bits per heavy atom. The van der Waals surface area contributed by atoms with Gasteiger partial charge in [-0.05, 0) is 0 Å². The lowest BCUT2D eigenvalue weighted by molar-refractivity contribution is 0.101. The van der Waals surface area contributed by atoms with Crippen LogP contribution in [0.15, 0.2) is 24.8 Å². The minimum atomic E-state index is -5.49. The van der Waals surface area contributed by atoms with Crippen LogP contribution >= 0.6 is 23.2 Å². The van der Waals surface area contributed by atoms with E-state index in [-0.39, 0.29) is 11.9 Å². The van der Waals surface area contributed by atoms with Gasteiger partial charge >= 0.3 is 23.2 Å². The average molecular weight is 471 g/mol. The Morgan fingerprint density at radius 3 is 2.52 bits per heavy atom. The molecule has 0 saturated carbocycles. The molecule has 0 aromatic carbocycles. The molecule has 2 unspecified atom stereocenters. The highest BCUT2D eigenvalue weighted by atomic mass is 31.3. The molecule has 0 amide bonds. The summed E-state index contributed by atoms with van der Waals surface area (Å²) in [6.07, 6.45) is 4.74. The number of nitrogens with zero attached hydrogens (tertiary/aromatic N) is 4. The molecule has 0 radical (unpaired) electrons. The predicted molar refractivity (Wildman–Crippen MR) is 96.1 cm³/mol. The molecule has 6 N–H and O–H groups in total. The van der Waals surface area contributed by atoms with Gasteiger partial charge in [0, 0.05) is 6.42 Å². The summed E-state index contributed by atoms with van der Waals surface area (Å²) in [7, 11) is -15.8. The van der Waals surface area contributed by atoms with Crippen LogP contribution < -0.4 is 5.73 Å². The number of phosphoric acid groups is 2. The topological polar surface area (TPSA) is 229 Å². The van der Waals surface area contributed by atoms with Gasteiger partial charge < -0.3 is 34.6 Å². The maximum absolute atomic E-state index is 11.9. The molecule has 0 bridgehead atoms. The molecule has 0 fully saturated rings. The fourth-order valence-corrected chi connectivity index (χ4v) is 5.94. The Kier molecular flexibility index (Phi) is 6.10. The molecule has 3 rings (SSSR count). The highest BCUT2D eigenvalue weighted by molar-refractivity contribution is 7.68. The van der Waals surface area contributed by atoms with Crippen molar-refractivity contribution >= 4 is 40.2 Å². The van der Waals surface area contributed by atoms with E-state index in [1.807, 2.05) is 0 Å². The maximum Gasteiger partial charge on any atom is 0.488 e. The van der Waals surface area contributed by atoms with Gasteiger partial charge in [-0.25, -0.2) is 28.4 Å². The lowest BCUT2D eigenvalue weighted by Crippen LogP contribution is -2.13. The van der Waals surface area contributed by atoms with Crippen LogP contribution in [0.4, 0.5) is 5.82 Å². The lowest BCUT2D eigenvalue weighted by Gasteiger charge is -2.19. The largest absolute Gasteiger partial charge is 0.488 e. The summed E-state index contributed by atoms with van der Waals surface area (Å²) >= 11 is 0. The molecule has 29 heavy (non-hydrogen) atoms. The molecule has 2 aromatic heterocycles. The first kappa shape index (κ1) is 22.2. The number of nitrogen functional groups attached to an aromatic ring is 1. The van der Waals surface area contributed by atoms with Crippen molar-refractivity contribution in [1.82, 2.24) is 19.5 Å². The van der Waals surface area contributed by atoms with E-state index in [4.69, 9.17) is 25.2 Å². The molecular weight excluding hydrogens is 455 g/mol. The highest BCUT2D eigenvalue weighted by Gasteiger charge is 2.40. The quantitative estimate of drug-likeness (QED) is 0.263. The fourth-order valence-electron chi connectivity index (χ4n) is 2.61. The summed E-state index contributed by atoms with van der Waals surface area (Å²) < 4.78 is 48.2. The van der Waals surface area contributed by atoms with Gasteiger partial charge in [0.2, 0.25) is 0 Å². The molecule has 1 aliphatic carbocycles. The second kappa shape index (κ2) is 7.97. The van der Waals surface area contributed by atoms with Gasteiger partial charge in [-0.15, -0.1) is 0 Å². The first-order valence-corrected chi connectivity index (χ1v) is 12.5. The number of nitrogens with two attached hydrogens (primary N) is 1. The SMILES string of the molecule is Nc1ncnc2c1ncn2[C@H]1C=C[C@H](OCP(=O)(O)OP(=O)(O)OP(=O)(O)O)C1. The number of aromatic nitrogens is 4. The van der Waals surface area contributed by atoms with Crippen LogP contribution in [0.2, 0.25) is 0 Å². The molecule has 2 aromatic rings. The molecule has 4 atom stereocenters. The smallest absolute Gasteiger partial charge is 0.382 e. The second-order valence-electron chi connectivity index (χ2n) is 5.87. The molecular formula is C11H16N5O10P3. The van der Waals surface area contributed by atoms with Crippen LogP contribution in [0, 0.1) is 0 Å². The van der Waals surface area contributed by atoms with Crippen molar-refractivity contribution < 1.29 is 46.6 Å². The Bertz CT molecular complexity index is 1080. The van der Waals surface area contributed by atoms with Gasteiger partial charge in [-0.1, -0.05) is 12.2 Å². The molecule has 2 heterocycles. The van der Waals surface area contributed by atoms with Crippen molar-refractivity contribution in [3.63, 3.8) is 0 Å². The third kappa shape index (κ3) is 5.77. The summed E-state index contributed by atoms with van der Waals surface area (Å²) in [5.41, 5.74) is 6.64. The highest BCUT2D eigenvalue weighted by Crippen LogP contribution is 2.66. The van der Waals surface area contributed by atoms with E-state index >= 15 is 0 Å². The first-order chi connectivity index (χ1) is 13.4. The number of allylic oxidation sites excluding steroid dienone is 1. The van der Waals surface area contributed by atoms with E-state index in [1.54, 1.807) is 16.7 Å². The zero-order valence-electron chi connectivity index (χ0n) is 14.3. The minimum absolute atomic E-state index is 0.216.